The minimum Gasteiger partial charge on any atom is -0.313 e. The Hall–Kier alpha value is -1.84. The van der Waals surface area contributed by atoms with Gasteiger partial charge in [-0.15, -0.1) is 5.10 Å². The lowest BCUT2D eigenvalue weighted by molar-refractivity contribution is 0.485. The summed E-state index contributed by atoms with van der Waals surface area (Å²) in [6.45, 7) is 5.86. The van der Waals surface area contributed by atoms with E-state index in [4.69, 9.17) is 0 Å². The predicted molar refractivity (Wildman–Crippen MR) is 85.0 cm³/mol. The number of rotatable bonds is 6. The largest absolute Gasteiger partial charge is 0.313 e. The van der Waals surface area contributed by atoms with Crippen molar-refractivity contribution in [3.8, 4) is 11.8 Å². The Balaban J connectivity index is 1.81. The molecule has 21 heavy (non-hydrogen) atoms. The van der Waals surface area contributed by atoms with Crippen LogP contribution in [0.4, 0.5) is 0 Å². The van der Waals surface area contributed by atoms with Crippen LogP contribution in [0.2, 0.25) is 0 Å². The van der Waals surface area contributed by atoms with Gasteiger partial charge in [-0.2, -0.15) is 0 Å². The number of hydrogen-bond donors (Lipinski definition) is 1. The standard InChI is InChI=1S/C15H19N5S/c1-13(2)16-10-11-20-15(17-18-19-20)21-12-6-9-14-7-4-3-5-8-14/h3-5,7-8,13,16H,10-12H2,1-2H3. The summed E-state index contributed by atoms with van der Waals surface area (Å²) in [5.41, 5.74) is 1.03. The number of benzene rings is 1. The molecule has 0 aliphatic carbocycles. The molecule has 6 heteroatoms. The molecular weight excluding hydrogens is 282 g/mol. The van der Waals surface area contributed by atoms with E-state index in [1.807, 2.05) is 35.0 Å². The molecule has 1 heterocycles. The monoisotopic (exact) mass is 301 g/mol. The van der Waals surface area contributed by atoms with Crippen LogP contribution in [0, 0.1) is 11.8 Å². The molecule has 1 N–H and O–H groups in total. The third-order valence-corrected chi connectivity index (χ3v) is 3.49. The van der Waals surface area contributed by atoms with Crippen LogP contribution in [0.3, 0.4) is 0 Å². The summed E-state index contributed by atoms with van der Waals surface area (Å²) >= 11 is 1.56. The summed E-state index contributed by atoms with van der Waals surface area (Å²) in [7, 11) is 0. The van der Waals surface area contributed by atoms with E-state index in [1.54, 1.807) is 11.8 Å². The fourth-order valence-corrected chi connectivity index (χ4v) is 2.30. The molecule has 0 aliphatic heterocycles. The van der Waals surface area contributed by atoms with E-state index >= 15 is 0 Å². The first kappa shape index (κ1) is 15.5. The molecule has 0 radical (unpaired) electrons. The molecule has 2 rings (SSSR count). The van der Waals surface area contributed by atoms with Crippen LogP contribution in [0.1, 0.15) is 19.4 Å². The normalized spacial score (nSPS) is 10.4. The van der Waals surface area contributed by atoms with Crippen molar-refractivity contribution in [3.05, 3.63) is 35.9 Å². The first-order valence-corrected chi connectivity index (χ1v) is 7.90. The SMILES string of the molecule is CC(C)NCCn1nnnc1SCC#Cc1ccccc1. The van der Waals surface area contributed by atoms with E-state index < -0.39 is 0 Å². The molecule has 0 spiro atoms. The van der Waals surface area contributed by atoms with Crippen molar-refractivity contribution in [2.45, 2.75) is 31.6 Å². The van der Waals surface area contributed by atoms with Crippen molar-refractivity contribution in [1.82, 2.24) is 25.5 Å². The quantitative estimate of drug-likeness (QED) is 0.651. The van der Waals surface area contributed by atoms with Crippen molar-refractivity contribution in [1.29, 1.82) is 0 Å². The molecule has 0 bridgehead atoms. The second-order valence-electron chi connectivity index (χ2n) is 4.75. The molecule has 0 unspecified atom stereocenters. The highest BCUT2D eigenvalue weighted by Crippen LogP contribution is 2.12. The highest BCUT2D eigenvalue weighted by atomic mass is 32.2. The second-order valence-corrected chi connectivity index (χ2v) is 5.69. The molecule has 0 saturated carbocycles. The van der Waals surface area contributed by atoms with Gasteiger partial charge in [-0.1, -0.05) is 55.6 Å². The van der Waals surface area contributed by atoms with Gasteiger partial charge in [0.1, 0.15) is 0 Å². The van der Waals surface area contributed by atoms with Crippen LogP contribution in [0.15, 0.2) is 35.5 Å². The Kier molecular flexibility index (Phi) is 6.25. The van der Waals surface area contributed by atoms with Crippen molar-refractivity contribution < 1.29 is 0 Å². The maximum atomic E-state index is 4.03. The Morgan fingerprint density at radius 2 is 2.10 bits per heavy atom. The van der Waals surface area contributed by atoms with Crippen LogP contribution < -0.4 is 5.32 Å². The number of tetrazole rings is 1. The Morgan fingerprint density at radius 3 is 2.86 bits per heavy atom. The van der Waals surface area contributed by atoms with Gasteiger partial charge in [-0.3, -0.25) is 0 Å². The van der Waals surface area contributed by atoms with Gasteiger partial charge in [-0.05, 0) is 22.6 Å². The van der Waals surface area contributed by atoms with Crippen LogP contribution in [-0.4, -0.2) is 38.5 Å². The average molecular weight is 301 g/mol. The first-order valence-electron chi connectivity index (χ1n) is 6.92. The van der Waals surface area contributed by atoms with Gasteiger partial charge in [-0.25, -0.2) is 4.68 Å². The number of thioether (sulfide) groups is 1. The fraction of sp³-hybridized carbons (Fsp3) is 0.400. The van der Waals surface area contributed by atoms with Crippen LogP contribution in [-0.2, 0) is 6.54 Å². The summed E-state index contributed by atoms with van der Waals surface area (Å²) in [6.07, 6.45) is 0. The molecule has 0 aliphatic rings. The Bertz CT molecular complexity index is 597. The highest BCUT2D eigenvalue weighted by molar-refractivity contribution is 7.99. The van der Waals surface area contributed by atoms with E-state index in [-0.39, 0.29) is 0 Å². The lowest BCUT2D eigenvalue weighted by Crippen LogP contribution is -2.27. The van der Waals surface area contributed by atoms with E-state index in [9.17, 15) is 0 Å². The maximum absolute atomic E-state index is 4.03. The van der Waals surface area contributed by atoms with Crippen LogP contribution in [0.25, 0.3) is 0 Å². The van der Waals surface area contributed by atoms with Gasteiger partial charge in [0.15, 0.2) is 0 Å². The second kappa shape index (κ2) is 8.45. The molecule has 5 nitrogen and oxygen atoms in total. The van der Waals surface area contributed by atoms with Gasteiger partial charge in [0, 0.05) is 18.2 Å². The first-order chi connectivity index (χ1) is 10.3. The molecule has 0 atom stereocenters. The maximum Gasteiger partial charge on any atom is 0.210 e. The fourth-order valence-electron chi connectivity index (χ4n) is 1.66. The zero-order chi connectivity index (χ0) is 14.9. The van der Waals surface area contributed by atoms with Gasteiger partial charge in [0.2, 0.25) is 5.16 Å². The van der Waals surface area contributed by atoms with Gasteiger partial charge < -0.3 is 5.32 Å². The Morgan fingerprint density at radius 1 is 1.29 bits per heavy atom. The Labute approximate surface area is 129 Å². The minimum absolute atomic E-state index is 0.467. The zero-order valence-electron chi connectivity index (χ0n) is 12.3. The predicted octanol–water partition coefficient (Wildman–Crippen LogP) is 1.81. The third-order valence-electron chi connectivity index (χ3n) is 2.66. The third kappa shape index (κ3) is 5.58. The summed E-state index contributed by atoms with van der Waals surface area (Å²) < 4.78 is 1.81. The smallest absolute Gasteiger partial charge is 0.210 e. The molecule has 1 aromatic heterocycles. The molecule has 2 aromatic rings. The van der Waals surface area contributed by atoms with E-state index in [1.165, 1.54) is 0 Å². The number of nitrogens with zero attached hydrogens (tertiary/aromatic N) is 4. The number of nitrogens with one attached hydrogen (secondary N) is 1. The van der Waals surface area contributed by atoms with E-state index in [0.717, 1.165) is 23.8 Å². The van der Waals surface area contributed by atoms with Crippen molar-refractivity contribution >= 4 is 11.8 Å². The molecule has 1 aromatic carbocycles. The summed E-state index contributed by atoms with van der Waals surface area (Å²) in [4.78, 5) is 0. The highest BCUT2D eigenvalue weighted by Gasteiger charge is 2.05. The van der Waals surface area contributed by atoms with Crippen molar-refractivity contribution in [2.75, 3.05) is 12.3 Å². The van der Waals surface area contributed by atoms with Gasteiger partial charge in [0.05, 0.1) is 12.3 Å². The molecule has 0 amide bonds. The topological polar surface area (TPSA) is 55.6 Å². The van der Waals surface area contributed by atoms with Crippen molar-refractivity contribution in [2.24, 2.45) is 0 Å². The molecule has 110 valence electrons. The van der Waals surface area contributed by atoms with Crippen LogP contribution in [0.5, 0.6) is 0 Å². The summed E-state index contributed by atoms with van der Waals surface area (Å²) in [5, 5.41) is 15.9. The number of aromatic nitrogens is 4. The van der Waals surface area contributed by atoms with E-state index in [0.29, 0.717) is 11.8 Å². The molecular formula is C15H19N5S. The van der Waals surface area contributed by atoms with Gasteiger partial charge >= 0.3 is 0 Å². The van der Waals surface area contributed by atoms with Crippen LogP contribution >= 0.6 is 11.8 Å². The average Bonchev–Trinajstić information content (AvgIpc) is 2.92. The summed E-state index contributed by atoms with van der Waals surface area (Å²) in [6, 6.07) is 10.4. The minimum atomic E-state index is 0.467. The van der Waals surface area contributed by atoms with Crippen molar-refractivity contribution in [3.63, 3.8) is 0 Å². The summed E-state index contributed by atoms with van der Waals surface area (Å²) in [5.74, 6) is 6.93. The lowest BCUT2D eigenvalue weighted by Gasteiger charge is -2.07. The van der Waals surface area contributed by atoms with Gasteiger partial charge in [0.25, 0.3) is 0 Å². The molecule has 0 fully saturated rings. The zero-order valence-corrected chi connectivity index (χ0v) is 13.1. The van der Waals surface area contributed by atoms with E-state index in [2.05, 4.69) is 46.5 Å². The number of hydrogen-bond acceptors (Lipinski definition) is 5. The molecule has 0 saturated heterocycles. The lowest BCUT2D eigenvalue weighted by atomic mass is 10.2.